The van der Waals surface area contributed by atoms with Gasteiger partial charge >= 0.3 is 0 Å². The second-order valence-electron chi connectivity index (χ2n) is 3.78. The van der Waals surface area contributed by atoms with Gasteiger partial charge in [0.05, 0.1) is 4.47 Å². The van der Waals surface area contributed by atoms with Crippen molar-refractivity contribution < 1.29 is 9.53 Å². The SMILES string of the molecule is NC(=O)c1ccc(Br)c(OCc2ccccc2)c1. The molecule has 0 saturated carbocycles. The Balaban J connectivity index is 2.14. The zero-order valence-electron chi connectivity index (χ0n) is 9.60. The molecular formula is C14H12BrNO2. The molecule has 2 aromatic rings. The van der Waals surface area contributed by atoms with E-state index in [9.17, 15) is 4.79 Å². The fourth-order valence-corrected chi connectivity index (χ4v) is 1.86. The third-order valence-electron chi connectivity index (χ3n) is 2.45. The number of rotatable bonds is 4. The van der Waals surface area contributed by atoms with Gasteiger partial charge in [0.1, 0.15) is 12.4 Å². The average Bonchev–Trinajstić information content (AvgIpc) is 2.38. The lowest BCUT2D eigenvalue weighted by Gasteiger charge is -2.09. The smallest absolute Gasteiger partial charge is 0.248 e. The average molecular weight is 306 g/mol. The molecule has 0 aliphatic carbocycles. The van der Waals surface area contributed by atoms with Gasteiger partial charge in [0.25, 0.3) is 0 Å². The first-order valence-electron chi connectivity index (χ1n) is 5.43. The number of halogens is 1. The summed E-state index contributed by atoms with van der Waals surface area (Å²) < 4.78 is 6.45. The lowest BCUT2D eigenvalue weighted by atomic mass is 10.2. The zero-order chi connectivity index (χ0) is 13.0. The Morgan fingerprint density at radius 1 is 1.17 bits per heavy atom. The van der Waals surface area contributed by atoms with E-state index in [1.165, 1.54) is 0 Å². The van der Waals surface area contributed by atoms with E-state index >= 15 is 0 Å². The van der Waals surface area contributed by atoms with Crippen molar-refractivity contribution >= 4 is 21.8 Å². The molecule has 92 valence electrons. The number of carbonyl (C=O) groups is 1. The summed E-state index contributed by atoms with van der Waals surface area (Å²) in [6, 6.07) is 14.9. The molecule has 2 N–H and O–H groups in total. The van der Waals surface area contributed by atoms with Crippen LogP contribution >= 0.6 is 15.9 Å². The molecule has 4 heteroatoms. The van der Waals surface area contributed by atoms with Gasteiger partial charge in [-0.15, -0.1) is 0 Å². The van der Waals surface area contributed by atoms with Gasteiger partial charge in [-0.05, 0) is 39.7 Å². The number of carbonyl (C=O) groups excluding carboxylic acids is 1. The molecule has 0 aliphatic rings. The quantitative estimate of drug-likeness (QED) is 0.943. The molecule has 0 aromatic heterocycles. The fourth-order valence-electron chi connectivity index (χ4n) is 1.50. The molecule has 0 fully saturated rings. The largest absolute Gasteiger partial charge is 0.488 e. The molecule has 0 bridgehead atoms. The summed E-state index contributed by atoms with van der Waals surface area (Å²) in [5.74, 6) is 0.141. The highest BCUT2D eigenvalue weighted by molar-refractivity contribution is 9.10. The lowest BCUT2D eigenvalue weighted by Crippen LogP contribution is -2.11. The summed E-state index contributed by atoms with van der Waals surface area (Å²) in [6.45, 7) is 0.446. The van der Waals surface area contributed by atoms with Crippen molar-refractivity contribution in [3.63, 3.8) is 0 Å². The first-order valence-corrected chi connectivity index (χ1v) is 6.22. The van der Waals surface area contributed by atoms with Crippen LogP contribution in [0.2, 0.25) is 0 Å². The van der Waals surface area contributed by atoms with Gasteiger partial charge in [-0.2, -0.15) is 0 Å². The van der Waals surface area contributed by atoms with Crippen LogP contribution in [0.4, 0.5) is 0 Å². The summed E-state index contributed by atoms with van der Waals surface area (Å²) in [5.41, 5.74) is 6.73. The van der Waals surface area contributed by atoms with Gasteiger partial charge in [0, 0.05) is 5.56 Å². The van der Waals surface area contributed by atoms with Crippen LogP contribution in [0.25, 0.3) is 0 Å². The normalized spacial score (nSPS) is 10.1. The van der Waals surface area contributed by atoms with Crippen LogP contribution in [0.5, 0.6) is 5.75 Å². The maximum absolute atomic E-state index is 11.1. The molecule has 0 radical (unpaired) electrons. The topological polar surface area (TPSA) is 52.3 Å². The van der Waals surface area contributed by atoms with Crippen molar-refractivity contribution in [1.82, 2.24) is 0 Å². The molecule has 0 aliphatic heterocycles. The number of ether oxygens (including phenoxy) is 1. The highest BCUT2D eigenvalue weighted by atomic mass is 79.9. The summed E-state index contributed by atoms with van der Waals surface area (Å²) in [5, 5.41) is 0. The number of hydrogen-bond donors (Lipinski definition) is 1. The minimum atomic E-state index is -0.466. The molecule has 0 saturated heterocycles. The molecule has 1 amide bonds. The Morgan fingerprint density at radius 3 is 2.56 bits per heavy atom. The van der Waals surface area contributed by atoms with E-state index in [0.717, 1.165) is 10.0 Å². The second kappa shape index (κ2) is 5.69. The second-order valence-corrected chi connectivity index (χ2v) is 4.64. The van der Waals surface area contributed by atoms with E-state index in [-0.39, 0.29) is 0 Å². The van der Waals surface area contributed by atoms with E-state index in [1.807, 2.05) is 30.3 Å². The monoisotopic (exact) mass is 305 g/mol. The summed E-state index contributed by atoms with van der Waals surface area (Å²) in [4.78, 5) is 11.1. The van der Waals surface area contributed by atoms with Crippen molar-refractivity contribution in [3.05, 3.63) is 64.1 Å². The van der Waals surface area contributed by atoms with E-state index in [1.54, 1.807) is 18.2 Å². The van der Waals surface area contributed by atoms with Gasteiger partial charge in [-0.25, -0.2) is 0 Å². The van der Waals surface area contributed by atoms with Gasteiger partial charge < -0.3 is 10.5 Å². The Hall–Kier alpha value is -1.81. The highest BCUT2D eigenvalue weighted by Crippen LogP contribution is 2.26. The number of primary amides is 1. The number of hydrogen-bond acceptors (Lipinski definition) is 2. The summed E-state index contributed by atoms with van der Waals surface area (Å²) in [7, 11) is 0. The van der Waals surface area contributed by atoms with Crippen molar-refractivity contribution in [2.24, 2.45) is 5.73 Å². The fraction of sp³-hybridized carbons (Fsp3) is 0.0714. The first kappa shape index (κ1) is 12.6. The van der Waals surface area contributed by atoms with Crippen LogP contribution in [-0.4, -0.2) is 5.91 Å². The van der Waals surface area contributed by atoms with Gasteiger partial charge in [-0.3, -0.25) is 4.79 Å². The number of amides is 1. The van der Waals surface area contributed by atoms with Gasteiger partial charge in [0.2, 0.25) is 5.91 Å². The number of nitrogens with two attached hydrogens (primary N) is 1. The van der Waals surface area contributed by atoms with Crippen LogP contribution in [-0.2, 0) is 6.61 Å². The molecule has 0 heterocycles. The molecule has 2 aromatic carbocycles. The van der Waals surface area contributed by atoms with Crippen LogP contribution in [0.1, 0.15) is 15.9 Å². The first-order chi connectivity index (χ1) is 8.66. The minimum Gasteiger partial charge on any atom is -0.488 e. The van der Waals surface area contributed by atoms with Gasteiger partial charge in [-0.1, -0.05) is 30.3 Å². The Bertz CT molecular complexity index is 555. The van der Waals surface area contributed by atoms with E-state index in [2.05, 4.69) is 15.9 Å². The third kappa shape index (κ3) is 3.11. The van der Waals surface area contributed by atoms with E-state index in [0.29, 0.717) is 17.9 Å². The molecule has 3 nitrogen and oxygen atoms in total. The number of benzene rings is 2. The van der Waals surface area contributed by atoms with Crippen molar-refractivity contribution in [3.8, 4) is 5.75 Å². The van der Waals surface area contributed by atoms with Crippen molar-refractivity contribution in [2.75, 3.05) is 0 Å². The summed E-state index contributed by atoms with van der Waals surface area (Å²) >= 11 is 3.38. The maximum Gasteiger partial charge on any atom is 0.248 e. The van der Waals surface area contributed by atoms with Gasteiger partial charge in [0.15, 0.2) is 0 Å². The highest BCUT2D eigenvalue weighted by Gasteiger charge is 2.06. The van der Waals surface area contributed by atoms with Crippen molar-refractivity contribution in [1.29, 1.82) is 0 Å². The molecule has 0 spiro atoms. The minimum absolute atomic E-state index is 0.432. The van der Waals surface area contributed by atoms with E-state index in [4.69, 9.17) is 10.5 Å². The Kier molecular flexibility index (Phi) is 3.99. The molecule has 0 unspecified atom stereocenters. The maximum atomic E-state index is 11.1. The van der Waals surface area contributed by atoms with Crippen LogP contribution < -0.4 is 10.5 Å². The zero-order valence-corrected chi connectivity index (χ0v) is 11.2. The standard InChI is InChI=1S/C14H12BrNO2/c15-12-7-6-11(14(16)17)8-13(12)18-9-10-4-2-1-3-5-10/h1-8H,9H2,(H2,16,17). The van der Waals surface area contributed by atoms with Crippen molar-refractivity contribution in [2.45, 2.75) is 6.61 Å². The van der Waals surface area contributed by atoms with Crippen LogP contribution in [0.3, 0.4) is 0 Å². The predicted molar refractivity (Wildman–Crippen MR) is 73.4 cm³/mol. The molecular weight excluding hydrogens is 294 g/mol. The molecule has 18 heavy (non-hydrogen) atoms. The lowest BCUT2D eigenvalue weighted by molar-refractivity contribution is 0.1000. The van der Waals surface area contributed by atoms with Crippen LogP contribution in [0.15, 0.2) is 53.0 Å². The Morgan fingerprint density at radius 2 is 1.89 bits per heavy atom. The third-order valence-corrected chi connectivity index (χ3v) is 3.11. The Labute approximate surface area is 114 Å². The molecule has 2 rings (SSSR count). The molecule has 0 atom stereocenters. The summed E-state index contributed by atoms with van der Waals surface area (Å²) in [6.07, 6.45) is 0. The van der Waals surface area contributed by atoms with Crippen LogP contribution in [0, 0.1) is 0 Å². The van der Waals surface area contributed by atoms with E-state index < -0.39 is 5.91 Å². The predicted octanol–water partition coefficient (Wildman–Crippen LogP) is 3.13.